The smallest absolute Gasteiger partial charge is 0.243 e. The standard InChI is InChI=1S/C16H20N4O3S/c1-19-7-8-20(11-14(19)16-17-5-6-18-16)24(21,22)13-2-3-15-12(10-13)4-9-23-15/h2-3,5-6,10,14H,4,7-9,11H2,1H3,(H,17,18)/t14-/m0/s1. The van der Waals surface area contributed by atoms with Crippen molar-refractivity contribution in [2.75, 3.05) is 33.3 Å². The number of nitrogens with one attached hydrogen (secondary N) is 1. The lowest BCUT2D eigenvalue weighted by atomic mass is 10.2. The molecule has 0 unspecified atom stereocenters. The summed E-state index contributed by atoms with van der Waals surface area (Å²) in [5.74, 6) is 1.58. The van der Waals surface area contributed by atoms with Gasteiger partial charge < -0.3 is 9.72 Å². The number of fused-ring (bicyclic) bond motifs is 1. The number of benzene rings is 1. The molecule has 3 heterocycles. The quantitative estimate of drug-likeness (QED) is 0.896. The summed E-state index contributed by atoms with van der Waals surface area (Å²) >= 11 is 0. The second-order valence-electron chi connectivity index (χ2n) is 6.20. The normalized spacial score (nSPS) is 22.3. The lowest BCUT2D eigenvalue weighted by Crippen LogP contribution is -2.49. The molecule has 4 rings (SSSR count). The number of likely N-dealkylation sites (N-methyl/N-ethyl adjacent to an activating group) is 1. The zero-order chi connectivity index (χ0) is 16.7. The van der Waals surface area contributed by atoms with E-state index in [-0.39, 0.29) is 6.04 Å². The Hall–Kier alpha value is -1.90. The second kappa shape index (κ2) is 5.87. The lowest BCUT2D eigenvalue weighted by Gasteiger charge is -2.37. The third-order valence-electron chi connectivity index (χ3n) is 4.74. The number of rotatable bonds is 3. The van der Waals surface area contributed by atoms with Crippen LogP contribution in [0.1, 0.15) is 17.4 Å². The van der Waals surface area contributed by atoms with Gasteiger partial charge in [-0.15, -0.1) is 0 Å². The number of aromatic nitrogens is 2. The lowest BCUT2D eigenvalue weighted by molar-refractivity contribution is 0.142. The van der Waals surface area contributed by atoms with E-state index in [9.17, 15) is 8.42 Å². The molecule has 1 fully saturated rings. The van der Waals surface area contributed by atoms with Crippen LogP contribution in [0.15, 0.2) is 35.5 Å². The molecule has 1 N–H and O–H groups in total. The summed E-state index contributed by atoms with van der Waals surface area (Å²) in [6, 6.07) is 5.08. The van der Waals surface area contributed by atoms with Crippen molar-refractivity contribution >= 4 is 10.0 Å². The molecular formula is C16H20N4O3S. The predicted octanol–water partition coefficient (Wildman–Crippen LogP) is 1.02. The highest BCUT2D eigenvalue weighted by Gasteiger charge is 2.35. The number of hydrogen-bond donors (Lipinski definition) is 1. The molecule has 24 heavy (non-hydrogen) atoms. The van der Waals surface area contributed by atoms with Crippen LogP contribution in [-0.2, 0) is 16.4 Å². The first-order valence-electron chi connectivity index (χ1n) is 8.01. The third kappa shape index (κ3) is 2.60. The van der Waals surface area contributed by atoms with E-state index < -0.39 is 10.0 Å². The molecule has 0 aliphatic carbocycles. The van der Waals surface area contributed by atoms with Crippen molar-refractivity contribution in [1.82, 2.24) is 19.2 Å². The number of ether oxygens (including phenoxy) is 1. The molecule has 0 saturated carbocycles. The number of piperazine rings is 1. The fourth-order valence-corrected chi connectivity index (χ4v) is 4.78. The van der Waals surface area contributed by atoms with Crippen LogP contribution in [0.4, 0.5) is 0 Å². The summed E-state index contributed by atoms with van der Waals surface area (Å²) in [4.78, 5) is 9.85. The van der Waals surface area contributed by atoms with Crippen LogP contribution in [0, 0.1) is 0 Å². The zero-order valence-electron chi connectivity index (χ0n) is 13.5. The number of H-pyrrole nitrogens is 1. The number of imidazole rings is 1. The van der Waals surface area contributed by atoms with E-state index in [2.05, 4.69) is 14.9 Å². The summed E-state index contributed by atoms with van der Waals surface area (Å²) in [6.07, 6.45) is 4.21. The van der Waals surface area contributed by atoms with Crippen LogP contribution in [0.5, 0.6) is 5.75 Å². The summed E-state index contributed by atoms with van der Waals surface area (Å²) in [5, 5.41) is 0. The van der Waals surface area contributed by atoms with Gasteiger partial charge in [-0.3, -0.25) is 4.90 Å². The van der Waals surface area contributed by atoms with Crippen molar-refractivity contribution in [3.05, 3.63) is 42.0 Å². The fourth-order valence-electron chi connectivity index (χ4n) is 3.29. The maximum Gasteiger partial charge on any atom is 0.243 e. The topological polar surface area (TPSA) is 78.5 Å². The maximum atomic E-state index is 13.0. The van der Waals surface area contributed by atoms with E-state index in [1.165, 1.54) is 0 Å². The van der Waals surface area contributed by atoms with Gasteiger partial charge in [0.15, 0.2) is 0 Å². The molecule has 0 bridgehead atoms. The van der Waals surface area contributed by atoms with E-state index >= 15 is 0 Å². The van der Waals surface area contributed by atoms with E-state index in [4.69, 9.17) is 4.74 Å². The predicted molar refractivity (Wildman–Crippen MR) is 88.4 cm³/mol. The van der Waals surface area contributed by atoms with Crippen molar-refractivity contribution < 1.29 is 13.2 Å². The van der Waals surface area contributed by atoms with Gasteiger partial charge in [-0.05, 0) is 30.8 Å². The fraction of sp³-hybridized carbons (Fsp3) is 0.438. The Balaban J connectivity index is 1.62. The molecule has 0 radical (unpaired) electrons. The molecule has 1 aromatic heterocycles. The first-order chi connectivity index (χ1) is 11.6. The Morgan fingerprint density at radius 2 is 2.21 bits per heavy atom. The molecule has 128 valence electrons. The average molecular weight is 348 g/mol. The Labute approximate surface area is 141 Å². The van der Waals surface area contributed by atoms with Gasteiger partial charge in [0, 0.05) is 38.4 Å². The Bertz CT molecular complexity index is 835. The van der Waals surface area contributed by atoms with Crippen LogP contribution >= 0.6 is 0 Å². The van der Waals surface area contributed by atoms with Gasteiger partial charge in [-0.1, -0.05) is 0 Å². The van der Waals surface area contributed by atoms with Gasteiger partial charge in [0.25, 0.3) is 0 Å². The molecule has 2 aromatic rings. The van der Waals surface area contributed by atoms with Gasteiger partial charge in [0.05, 0.1) is 17.5 Å². The van der Waals surface area contributed by atoms with Crippen molar-refractivity contribution in [3.63, 3.8) is 0 Å². The van der Waals surface area contributed by atoms with Crippen molar-refractivity contribution in [2.45, 2.75) is 17.4 Å². The largest absolute Gasteiger partial charge is 0.493 e. The molecule has 1 aromatic carbocycles. The van der Waals surface area contributed by atoms with Crippen molar-refractivity contribution in [3.8, 4) is 5.75 Å². The van der Waals surface area contributed by atoms with Crippen LogP contribution in [0.3, 0.4) is 0 Å². The minimum Gasteiger partial charge on any atom is -0.493 e. The Morgan fingerprint density at radius 3 is 3.00 bits per heavy atom. The van der Waals surface area contributed by atoms with Crippen molar-refractivity contribution in [1.29, 1.82) is 0 Å². The van der Waals surface area contributed by atoms with Gasteiger partial charge >= 0.3 is 0 Å². The zero-order valence-corrected chi connectivity index (χ0v) is 14.3. The maximum absolute atomic E-state index is 13.0. The molecule has 1 saturated heterocycles. The summed E-state index contributed by atoms with van der Waals surface area (Å²) in [6.45, 7) is 2.15. The first-order valence-corrected chi connectivity index (χ1v) is 9.45. The third-order valence-corrected chi connectivity index (χ3v) is 6.61. The highest BCUT2D eigenvalue weighted by Crippen LogP contribution is 2.31. The highest BCUT2D eigenvalue weighted by molar-refractivity contribution is 7.89. The average Bonchev–Trinajstić information content (AvgIpc) is 3.26. The second-order valence-corrected chi connectivity index (χ2v) is 8.14. The van der Waals surface area contributed by atoms with E-state index in [0.717, 1.165) is 23.6 Å². The molecule has 1 atom stereocenters. The number of hydrogen-bond acceptors (Lipinski definition) is 5. The first kappa shape index (κ1) is 15.6. The van der Waals surface area contributed by atoms with Gasteiger partial charge in [-0.2, -0.15) is 4.31 Å². The molecule has 0 amide bonds. The minimum atomic E-state index is -3.52. The summed E-state index contributed by atoms with van der Waals surface area (Å²) < 4.78 is 33.1. The van der Waals surface area contributed by atoms with E-state index in [1.54, 1.807) is 34.9 Å². The highest BCUT2D eigenvalue weighted by atomic mass is 32.2. The number of aromatic amines is 1. The molecular weight excluding hydrogens is 328 g/mol. The minimum absolute atomic E-state index is 0.0683. The monoisotopic (exact) mass is 348 g/mol. The van der Waals surface area contributed by atoms with E-state index in [1.807, 2.05) is 7.05 Å². The van der Waals surface area contributed by atoms with Crippen LogP contribution in [0.25, 0.3) is 0 Å². The number of nitrogens with zero attached hydrogens (tertiary/aromatic N) is 3. The Morgan fingerprint density at radius 1 is 1.33 bits per heavy atom. The number of sulfonamides is 1. The summed E-state index contributed by atoms with van der Waals surface area (Å²) in [7, 11) is -1.53. The SMILES string of the molecule is CN1CCN(S(=O)(=O)c2ccc3c(c2)CCO3)C[C@H]1c1ncc[nH]1. The van der Waals surface area contributed by atoms with Crippen molar-refractivity contribution in [2.24, 2.45) is 0 Å². The Kier molecular flexibility index (Phi) is 3.82. The van der Waals surface area contributed by atoms with Crippen LogP contribution in [-0.4, -0.2) is 60.9 Å². The van der Waals surface area contributed by atoms with E-state index in [0.29, 0.717) is 31.1 Å². The van der Waals surface area contributed by atoms with Crippen LogP contribution < -0.4 is 4.74 Å². The molecule has 8 heteroatoms. The molecule has 2 aliphatic rings. The van der Waals surface area contributed by atoms with Gasteiger partial charge in [-0.25, -0.2) is 13.4 Å². The summed E-state index contributed by atoms with van der Waals surface area (Å²) in [5.41, 5.74) is 0.966. The molecule has 0 spiro atoms. The van der Waals surface area contributed by atoms with Gasteiger partial charge in [0.1, 0.15) is 11.6 Å². The molecule has 7 nitrogen and oxygen atoms in total. The molecule has 2 aliphatic heterocycles. The van der Waals surface area contributed by atoms with Crippen LogP contribution in [0.2, 0.25) is 0 Å². The van der Waals surface area contributed by atoms with Gasteiger partial charge in [0.2, 0.25) is 10.0 Å².